The Hall–Kier alpha value is -1.56. The zero-order valence-electron chi connectivity index (χ0n) is 12.4. The smallest absolute Gasteiger partial charge is 0.262 e. The van der Waals surface area contributed by atoms with Crippen LogP contribution in [0, 0.1) is 13.8 Å². The SMILES string of the molecule is CCCc1c(NCC)ncnc1Sc1nc(C)c(C)o1. The van der Waals surface area contributed by atoms with E-state index in [1.807, 2.05) is 13.8 Å². The van der Waals surface area contributed by atoms with Gasteiger partial charge >= 0.3 is 0 Å². The number of hydrogen-bond acceptors (Lipinski definition) is 6. The highest BCUT2D eigenvalue weighted by Crippen LogP contribution is 2.32. The van der Waals surface area contributed by atoms with Crippen LogP contribution in [0.4, 0.5) is 5.82 Å². The quantitative estimate of drug-likeness (QED) is 0.820. The minimum Gasteiger partial charge on any atom is -0.436 e. The first-order valence-corrected chi connectivity index (χ1v) is 7.67. The molecule has 0 aliphatic rings. The van der Waals surface area contributed by atoms with Crippen LogP contribution in [0.25, 0.3) is 0 Å². The summed E-state index contributed by atoms with van der Waals surface area (Å²) in [7, 11) is 0. The predicted octanol–water partition coefficient (Wildman–Crippen LogP) is 3.62. The Morgan fingerprint density at radius 2 is 2.05 bits per heavy atom. The molecule has 0 spiro atoms. The highest BCUT2D eigenvalue weighted by atomic mass is 32.2. The van der Waals surface area contributed by atoms with Crippen LogP contribution in [-0.4, -0.2) is 21.5 Å². The highest BCUT2D eigenvalue weighted by molar-refractivity contribution is 7.99. The van der Waals surface area contributed by atoms with Gasteiger partial charge in [-0.1, -0.05) is 13.3 Å². The van der Waals surface area contributed by atoms with E-state index in [-0.39, 0.29) is 0 Å². The highest BCUT2D eigenvalue weighted by Gasteiger charge is 2.15. The molecule has 0 radical (unpaired) electrons. The van der Waals surface area contributed by atoms with Gasteiger partial charge in [-0.25, -0.2) is 15.0 Å². The molecule has 20 heavy (non-hydrogen) atoms. The number of hydrogen-bond donors (Lipinski definition) is 1. The minimum atomic E-state index is 0.638. The van der Waals surface area contributed by atoms with E-state index in [9.17, 15) is 0 Å². The van der Waals surface area contributed by atoms with Crippen LogP contribution in [0.2, 0.25) is 0 Å². The van der Waals surface area contributed by atoms with Crippen molar-refractivity contribution in [2.75, 3.05) is 11.9 Å². The van der Waals surface area contributed by atoms with Crippen LogP contribution < -0.4 is 5.32 Å². The van der Waals surface area contributed by atoms with Gasteiger partial charge in [-0.3, -0.25) is 0 Å². The number of oxazole rings is 1. The van der Waals surface area contributed by atoms with Crippen molar-refractivity contribution >= 4 is 17.6 Å². The van der Waals surface area contributed by atoms with Gasteiger partial charge in [0, 0.05) is 12.1 Å². The van der Waals surface area contributed by atoms with E-state index in [1.54, 1.807) is 6.33 Å². The van der Waals surface area contributed by atoms with Crippen molar-refractivity contribution < 1.29 is 4.42 Å². The van der Waals surface area contributed by atoms with Crippen LogP contribution in [-0.2, 0) is 6.42 Å². The molecule has 2 aromatic heterocycles. The van der Waals surface area contributed by atoms with Gasteiger partial charge in [-0.15, -0.1) is 0 Å². The first-order valence-electron chi connectivity index (χ1n) is 6.85. The van der Waals surface area contributed by atoms with Gasteiger partial charge in [0.05, 0.1) is 5.69 Å². The molecule has 0 aromatic carbocycles. The second-order valence-electron chi connectivity index (χ2n) is 4.51. The van der Waals surface area contributed by atoms with E-state index in [1.165, 1.54) is 11.8 Å². The summed E-state index contributed by atoms with van der Waals surface area (Å²) in [6.45, 7) is 8.92. The summed E-state index contributed by atoms with van der Waals surface area (Å²) < 4.78 is 5.62. The number of nitrogens with zero attached hydrogens (tertiary/aromatic N) is 3. The number of rotatable bonds is 6. The van der Waals surface area contributed by atoms with Crippen LogP contribution in [0.3, 0.4) is 0 Å². The molecule has 0 aliphatic heterocycles. The van der Waals surface area contributed by atoms with Crippen LogP contribution in [0.5, 0.6) is 0 Å². The zero-order valence-corrected chi connectivity index (χ0v) is 13.2. The Balaban J connectivity index is 2.32. The van der Waals surface area contributed by atoms with Crippen molar-refractivity contribution in [3.63, 3.8) is 0 Å². The lowest BCUT2D eigenvalue weighted by atomic mass is 10.2. The summed E-state index contributed by atoms with van der Waals surface area (Å²) in [6.07, 6.45) is 3.56. The van der Waals surface area contributed by atoms with E-state index in [0.29, 0.717) is 5.22 Å². The Kier molecular flexibility index (Phi) is 5.00. The average Bonchev–Trinajstić information content (AvgIpc) is 2.72. The molecule has 0 saturated heterocycles. The second kappa shape index (κ2) is 6.74. The van der Waals surface area contributed by atoms with Gasteiger partial charge in [0.15, 0.2) is 0 Å². The fourth-order valence-electron chi connectivity index (χ4n) is 1.85. The molecule has 0 aliphatic carbocycles. The minimum absolute atomic E-state index is 0.638. The van der Waals surface area contributed by atoms with Gasteiger partial charge in [0.25, 0.3) is 5.22 Å². The Bertz CT molecular complexity index is 563. The third-order valence-corrected chi connectivity index (χ3v) is 3.84. The molecule has 0 fully saturated rings. The van der Waals surface area contributed by atoms with Gasteiger partial charge in [-0.05, 0) is 39.0 Å². The molecule has 2 aromatic rings. The van der Waals surface area contributed by atoms with Crippen molar-refractivity contribution in [3.05, 3.63) is 23.3 Å². The topological polar surface area (TPSA) is 63.8 Å². The molecule has 0 bridgehead atoms. The van der Waals surface area contributed by atoms with Crippen LogP contribution in [0.1, 0.15) is 37.3 Å². The first-order chi connectivity index (χ1) is 9.65. The lowest BCUT2D eigenvalue weighted by Gasteiger charge is -2.11. The maximum atomic E-state index is 5.62. The largest absolute Gasteiger partial charge is 0.436 e. The fraction of sp³-hybridized carbons (Fsp3) is 0.500. The Morgan fingerprint density at radius 1 is 1.25 bits per heavy atom. The average molecular weight is 292 g/mol. The second-order valence-corrected chi connectivity index (χ2v) is 5.45. The molecular weight excluding hydrogens is 272 g/mol. The summed E-state index contributed by atoms with van der Waals surface area (Å²) in [5, 5.41) is 4.84. The van der Waals surface area contributed by atoms with Crippen molar-refractivity contribution in [1.29, 1.82) is 0 Å². The van der Waals surface area contributed by atoms with E-state index >= 15 is 0 Å². The van der Waals surface area contributed by atoms with Gasteiger partial charge < -0.3 is 9.73 Å². The summed E-state index contributed by atoms with van der Waals surface area (Å²) in [5.74, 6) is 1.76. The molecule has 6 heteroatoms. The summed E-state index contributed by atoms with van der Waals surface area (Å²) in [5.41, 5.74) is 2.06. The first kappa shape index (κ1) is 14.8. The standard InChI is InChI=1S/C14H20N4OS/c1-5-7-11-12(15-6-2)16-8-17-13(11)20-14-18-9(3)10(4)19-14/h8H,5-7H2,1-4H3,(H,15,16,17). The zero-order chi connectivity index (χ0) is 14.5. The van der Waals surface area contributed by atoms with E-state index in [2.05, 4.69) is 34.1 Å². The molecule has 0 amide bonds. The van der Waals surface area contributed by atoms with Crippen molar-refractivity contribution in [3.8, 4) is 0 Å². The van der Waals surface area contributed by atoms with Crippen molar-refractivity contribution in [2.45, 2.75) is 50.8 Å². The number of aromatic nitrogens is 3. The lowest BCUT2D eigenvalue weighted by molar-refractivity contribution is 0.431. The fourth-order valence-corrected chi connectivity index (χ4v) is 2.79. The molecule has 5 nitrogen and oxygen atoms in total. The summed E-state index contributed by atoms with van der Waals surface area (Å²) in [6, 6.07) is 0. The molecular formula is C14H20N4OS. The van der Waals surface area contributed by atoms with Crippen molar-refractivity contribution in [2.24, 2.45) is 0 Å². The molecule has 0 saturated carbocycles. The third-order valence-electron chi connectivity index (χ3n) is 2.94. The molecule has 2 rings (SSSR count). The van der Waals surface area contributed by atoms with E-state index in [0.717, 1.165) is 47.2 Å². The lowest BCUT2D eigenvalue weighted by Crippen LogP contribution is -2.06. The molecule has 1 N–H and O–H groups in total. The van der Waals surface area contributed by atoms with Gasteiger partial charge in [0.2, 0.25) is 0 Å². The maximum absolute atomic E-state index is 5.62. The maximum Gasteiger partial charge on any atom is 0.262 e. The molecule has 0 atom stereocenters. The monoisotopic (exact) mass is 292 g/mol. The number of nitrogens with one attached hydrogen (secondary N) is 1. The normalized spacial score (nSPS) is 10.8. The molecule has 2 heterocycles. The Morgan fingerprint density at radius 3 is 2.65 bits per heavy atom. The third kappa shape index (κ3) is 3.30. The number of aryl methyl sites for hydroxylation is 2. The van der Waals surface area contributed by atoms with Crippen LogP contribution >= 0.6 is 11.8 Å². The predicted molar refractivity (Wildman–Crippen MR) is 80.3 cm³/mol. The molecule has 0 unspecified atom stereocenters. The molecule has 108 valence electrons. The van der Waals surface area contributed by atoms with E-state index < -0.39 is 0 Å². The van der Waals surface area contributed by atoms with E-state index in [4.69, 9.17) is 4.42 Å². The van der Waals surface area contributed by atoms with Crippen molar-refractivity contribution in [1.82, 2.24) is 15.0 Å². The Labute approximate surface area is 123 Å². The summed E-state index contributed by atoms with van der Waals surface area (Å²) >= 11 is 1.46. The number of anilines is 1. The van der Waals surface area contributed by atoms with Gasteiger partial charge in [-0.2, -0.15) is 0 Å². The van der Waals surface area contributed by atoms with Gasteiger partial charge in [0.1, 0.15) is 22.9 Å². The summed E-state index contributed by atoms with van der Waals surface area (Å²) in [4.78, 5) is 13.1. The van der Waals surface area contributed by atoms with Crippen LogP contribution in [0.15, 0.2) is 21.0 Å².